The van der Waals surface area contributed by atoms with Gasteiger partial charge in [0, 0.05) is 56.6 Å². The van der Waals surface area contributed by atoms with E-state index >= 15 is 0 Å². The third-order valence-corrected chi connectivity index (χ3v) is 13.0. The molecule has 8 aromatic carbocycles. The van der Waals surface area contributed by atoms with Crippen LogP contribution in [0.5, 0.6) is 0 Å². The number of pyridine rings is 1. The molecule has 0 bridgehead atoms. The van der Waals surface area contributed by atoms with Crippen molar-refractivity contribution in [3.63, 3.8) is 0 Å². The average molecular weight is 795 g/mol. The molecule has 0 N–H and O–H groups in total. The number of aromatic nitrogens is 3. The summed E-state index contributed by atoms with van der Waals surface area (Å²) >= 11 is 0. The zero-order valence-electron chi connectivity index (χ0n) is 34.6. The smallest absolute Gasteiger partial charge is 0.0701 e. The molecular weight excluding hydrogens is 753 g/mol. The Morgan fingerprint density at radius 2 is 0.984 bits per heavy atom. The quantitative estimate of drug-likeness (QED) is 0.168. The molecule has 0 amide bonds. The largest absolute Gasteiger partial charge is 0.316 e. The van der Waals surface area contributed by atoms with E-state index in [-0.39, 0.29) is 5.41 Å². The van der Waals surface area contributed by atoms with Crippen LogP contribution < -0.4 is 4.90 Å². The molecule has 4 nitrogen and oxygen atoms in total. The zero-order valence-corrected chi connectivity index (χ0v) is 34.6. The monoisotopic (exact) mass is 794 g/mol. The molecular formula is C58H42N4. The summed E-state index contributed by atoms with van der Waals surface area (Å²) in [6.07, 6.45) is 4.05. The fourth-order valence-corrected chi connectivity index (χ4v) is 9.89. The molecule has 11 aromatic rings. The van der Waals surface area contributed by atoms with Crippen LogP contribution in [0.2, 0.25) is 0 Å². The molecule has 4 heteroatoms. The number of fused-ring (bicyclic) bond motifs is 7. The van der Waals surface area contributed by atoms with Crippen molar-refractivity contribution in [1.82, 2.24) is 14.1 Å². The molecule has 1 aliphatic heterocycles. The lowest BCUT2D eigenvalue weighted by Crippen LogP contribution is -2.30. The minimum absolute atomic E-state index is 0.291. The molecule has 0 fully saturated rings. The average Bonchev–Trinajstić information content (AvgIpc) is 3.92. The van der Waals surface area contributed by atoms with E-state index in [0.29, 0.717) is 0 Å². The minimum atomic E-state index is -0.291. The van der Waals surface area contributed by atoms with Gasteiger partial charge in [-0.1, -0.05) is 123 Å². The van der Waals surface area contributed by atoms with Crippen LogP contribution in [0.15, 0.2) is 219 Å². The van der Waals surface area contributed by atoms with Crippen molar-refractivity contribution in [3.8, 4) is 44.9 Å². The molecule has 12 rings (SSSR count). The molecule has 0 saturated heterocycles. The number of para-hydroxylation sites is 2. The maximum absolute atomic E-state index is 4.62. The Morgan fingerprint density at radius 3 is 1.66 bits per heavy atom. The topological polar surface area (TPSA) is 26.0 Å². The molecule has 4 heterocycles. The molecule has 62 heavy (non-hydrogen) atoms. The molecule has 3 aromatic heterocycles. The number of anilines is 3. The molecule has 0 radical (unpaired) electrons. The van der Waals surface area contributed by atoms with Gasteiger partial charge in [0.2, 0.25) is 0 Å². The van der Waals surface area contributed by atoms with Crippen molar-refractivity contribution in [3.05, 3.63) is 230 Å². The van der Waals surface area contributed by atoms with Crippen molar-refractivity contribution < 1.29 is 0 Å². The first-order valence-corrected chi connectivity index (χ1v) is 21.4. The van der Waals surface area contributed by atoms with Crippen molar-refractivity contribution in [1.29, 1.82) is 0 Å². The summed E-state index contributed by atoms with van der Waals surface area (Å²) in [6, 6.07) is 75.0. The Hall–Kier alpha value is -7.95. The molecule has 0 atom stereocenters. The second-order valence-corrected chi connectivity index (χ2v) is 16.9. The molecule has 0 saturated carbocycles. The van der Waals surface area contributed by atoms with Crippen molar-refractivity contribution >= 4 is 49.8 Å². The Labute approximate surface area is 361 Å². The maximum atomic E-state index is 4.62. The number of nitrogens with zero attached hydrogens (tertiary/aromatic N) is 4. The van der Waals surface area contributed by atoms with Crippen LogP contribution in [0.4, 0.5) is 17.1 Å². The lowest BCUT2D eigenvalue weighted by molar-refractivity contribution is 0.632. The van der Waals surface area contributed by atoms with Crippen LogP contribution >= 0.6 is 0 Å². The molecule has 0 unspecified atom stereocenters. The summed E-state index contributed by atoms with van der Waals surface area (Å²) < 4.78 is 4.74. The Kier molecular flexibility index (Phi) is 8.16. The number of hydrogen-bond acceptors (Lipinski definition) is 2. The second-order valence-electron chi connectivity index (χ2n) is 16.9. The minimum Gasteiger partial charge on any atom is -0.316 e. The van der Waals surface area contributed by atoms with Gasteiger partial charge < -0.3 is 14.0 Å². The maximum Gasteiger partial charge on any atom is 0.0701 e. The number of rotatable bonds is 6. The Balaban J connectivity index is 1.03. The second kappa shape index (κ2) is 14.1. The van der Waals surface area contributed by atoms with Gasteiger partial charge in [-0.3, -0.25) is 4.98 Å². The van der Waals surface area contributed by atoms with Gasteiger partial charge in [0.1, 0.15) is 0 Å². The molecule has 0 aliphatic carbocycles. The highest BCUT2D eigenvalue weighted by Gasteiger charge is 2.37. The van der Waals surface area contributed by atoms with Crippen LogP contribution in [-0.4, -0.2) is 14.1 Å². The van der Waals surface area contributed by atoms with Gasteiger partial charge in [0.15, 0.2) is 0 Å². The predicted molar refractivity (Wildman–Crippen MR) is 259 cm³/mol. The lowest BCUT2D eigenvalue weighted by atomic mass is 9.72. The van der Waals surface area contributed by atoms with E-state index in [1.807, 2.05) is 18.3 Å². The molecule has 294 valence electrons. The van der Waals surface area contributed by atoms with Gasteiger partial charge in [-0.25, -0.2) is 0 Å². The van der Waals surface area contributed by atoms with Gasteiger partial charge in [-0.15, -0.1) is 0 Å². The Bertz CT molecular complexity index is 3460. The van der Waals surface area contributed by atoms with Crippen LogP contribution in [0.25, 0.3) is 77.6 Å². The normalized spacial score (nSPS) is 13.1. The summed E-state index contributed by atoms with van der Waals surface area (Å²) in [5.41, 5.74) is 18.6. The summed E-state index contributed by atoms with van der Waals surface area (Å²) in [7, 11) is 0. The lowest BCUT2D eigenvalue weighted by Gasteiger charge is -2.42. The third-order valence-electron chi connectivity index (χ3n) is 13.0. The van der Waals surface area contributed by atoms with Gasteiger partial charge in [0.05, 0.1) is 33.6 Å². The van der Waals surface area contributed by atoms with Crippen LogP contribution in [0.3, 0.4) is 0 Å². The fraction of sp³-hybridized carbons (Fsp3) is 0.0517. The van der Waals surface area contributed by atoms with E-state index in [4.69, 9.17) is 0 Å². The summed E-state index contributed by atoms with van der Waals surface area (Å²) in [4.78, 5) is 7.07. The SMILES string of the molecule is CC1(C)c2cc(-c3ccccc3)ccc2N(c2ccc(-c3ccccn3)cc2)c2ccc(-c3ccc4c(c3)c3ccc5c(ccn5-c5ccccc5)c3n4-c3ccccc3)cc21. The van der Waals surface area contributed by atoms with E-state index in [9.17, 15) is 0 Å². The summed E-state index contributed by atoms with van der Waals surface area (Å²) in [5, 5.41) is 3.70. The first kappa shape index (κ1) is 35.9. The standard InChI is InChI=1S/C58H42N4/c1-58(2)50-37-42(39-14-6-3-7-15-39)24-30-55(50)61(46-26-21-40(22-27-46)52-20-12-13-34-59-52)56-31-25-43(38-51(56)58)41-23-29-54-49(36-41)47-28-32-53-48(33-35-60(53)44-16-8-4-9-17-44)57(47)62(54)45-18-10-5-11-19-45/h3-38H,1-2H3. The first-order valence-electron chi connectivity index (χ1n) is 21.4. The van der Waals surface area contributed by atoms with Crippen LogP contribution in [0, 0.1) is 0 Å². The van der Waals surface area contributed by atoms with E-state index in [2.05, 4.69) is 233 Å². The van der Waals surface area contributed by atoms with Crippen LogP contribution in [-0.2, 0) is 5.41 Å². The van der Waals surface area contributed by atoms with E-state index in [0.717, 1.165) is 28.3 Å². The molecule has 1 aliphatic rings. The van der Waals surface area contributed by atoms with Crippen molar-refractivity contribution in [2.24, 2.45) is 0 Å². The van der Waals surface area contributed by atoms with Gasteiger partial charge in [-0.05, 0) is 130 Å². The van der Waals surface area contributed by atoms with E-state index < -0.39 is 0 Å². The Morgan fingerprint density at radius 1 is 0.403 bits per heavy atom. The molecule has 0 spiro atoms. The first-order chi connectivity index (χ1) is 30.5. The van der Waals surface area contributed by atoms with Crippen molar-refractivity contribution in [2.45, 2.75) is 19.3 Å². The van der Waals surface area contributed by atoms with E-state index in [1.54, 1.807) is 0 Å². The van der Waals surface area contributed by atoms with Crippen LogP contribution in [0.1, 0.15) is 25.0 Å². The summed E-state index contributed by atoms with van der Waals surface area (Å²) in [5.74, 6) is 0. The predicted octanol–water partition coefficient (Wildman–Crippen LogP) is 15.2. The third kappa shape index (κ3) is 5.64. The summed E-state index contributed by atoms with van der Waals surface area (Å²) in [6.45, 7) is 4.77. The van der Waals surface area contributed by atoms with E-state index in [1.165, 1.54) is 77.5 Å². The zero-order chi connectivity index (χ0) is 41.4. The van der Waals surface area contributed by atoms with Gasteiger partial charge >= 0.3 is 0 Å². The van der Waals surface area contributed by atoms with Gasteiger partial charge in [-0.2, -0.15) is 0 Å². The fourth-order valence-electron chi connectivity index (χ4n) is 9.89. The number of hydrogen-bond donors (Lipinski definition) is 0. The highest BCUT2D eigenvalue weighted by atomic mass is 15.2. The highest BCUT2D eigenvalue weighted by molar-refractivity contribution is 6.19. The van der Waals surface area contributed by atoms with Gasteiger partial charge in [0.25, 0.3) is 0 Å². The highest BCUT2D eigenvalue weighted by Crippen LogP contribution is 2.54. The number of benzene rings is 8. The van der Waals surface area contributed by atoms with Crippen molar-refractivity contribution in [2.75, 3.05) is 4.90 Å².